The van der Waals surface area contributed by atoms with Crippen LogP contribution in [0.25, 0.3) is 0 Å². The fraction of sp³-hybridized carbons (Fsp3) is 0.500. The zero-order valence-electron chi connectivity index (χ0n) is 14.5. The van der Waals surface area contributed by atoms with Gasteiger partial charge in [-0.15, -0.1) is 11.3 Å². The third-order valence-corrected chi connectivity index (χ3v) is 5.93. The van der Waals surface area contributed by atoms with Gasteiger partial charge in [0, 0.05) is 62.6 Å². The van der Waals surface area contributed by atoms with Crippen LogP contribution in [0.3, 0.4) is 0 Å². The van der Waals surface area contributed by atoms with Gasteiger partial charge in [-0.2, -0.15) is 0 Å². The first-order chi connectivity index (χ1) is 12.2. The summed E-state index contributed by atoms with van der Waals surface area (Å²) in [7, 11) is 0. The molecule has 7 heteroatoms. The first kappa shape index (κ1) is 16.5. The molecule has 2 aromatic rings. The molecule has 0 aliphatic carbocycles. The lowest BCUT2D eigenvalue weighted by molar-refractivity contribution is -0.137. The number of carbonyl (C=O) groups is 1. The van der Waals surface area contributed by atoms with Crippen LogP contribution in [0.4, 0.5) is 5.82 Å². The standard InChI is InChI=1S/C18H23N5OS/c1-14-20-11-16(25-14)10-18(24)23-12-15(13-23)21-6-8-22(9-7-21)17-4-2-3-5-19-17/h2-5,11,15H,6-10,12-13H2,1H3. The minimum atomic E-state index is 0.229. The van der Waals surface area contributed by atoms with Gasteiger partial charge in [0.2, 0.25) is 5.91 Å². The van der Waals surface area contributed by atoms with Crippen molar-refractivity contribution in [3.05, 3.63) is 40.5 Å². The fourth-order valence-electron chi connectivity index (χ4n) is 3.49. The summed E-state index contributed by atoms with van der Waals surface area (Å²) < 4.78 is 0. The average molecular weight is 357 g/mol. The minimum Gasteiger partial charge on any atom is -0.354 e. The maximum Gasteiger partial charge on any atom is 0.227 e. The number of nitrogens with zero attached hydrogens (tertiary/aromatic N) is 5. The van der Waals surface area contributed by atoms with Crippen LogP contribution in [0.2, 0.25) is 0 Å². The molecule has 2 saturated heterocycles. The molecule has 0 spiro atoms. The summed E-state index contributed by atoms with van der Waals surface area (Å²) in [6.07, 6.45) is 4.17. The first-order valence-corrected chi connectivity index (χ1v) is 9.60. The predicted octanol–water partition coefficient (Wildman–Crippen LogP) is 1.42. The van der Waals surface area contributed by atoms with E-state index in [1.165, 1.54) is 0 Å². The van der Waals surface area contributed by atoms with E-state index in [0.717, 1.165) is 55.0 Å². The third kappa shape index (κ3) is 3.67. The van der Waals surface area contributed by atoms with Gasteiger partial charge >= 0.3 is 0 Å². The Kier molecular flexibility index (Phi) is 4.67. The van der Waals surface area contributed by atoms with Crippen molar-refractivity contribution in [1.29, 1.82) is 0 Å². The van der Waals surface area contributed by atoms with Crippen molar-refractivity contribution in [2.24, 2.45) is 0 Å². The molecule has 0 aromatic carbocycles. The summed E-state index contributed by atoms with van der Waals surface area (Å²) in [6.45, 7) is 7.78. The molecule has 2 aromatic heterocycles. The van der Waals surface area contributed by atoms with E-state index in [-0.39, 0.29) is 5.91 Å². The van der Waals surface area contributed by atoms with Crippen molar-refractivity contribution in [3.63, 3.8) is 0 Å². The van der Waals surface area contributed by atoms with Gasteiger partial charge in [0.25, 0.3) is 0 Å². The lowest BCUT2D eigenvalue weighted by Gasteiger charge is -2.48. The molecule has 132 valence electrons. The lowest BCUT2D eigenvalue weighted by Crippen LogP contribution is -2.64. The minimum absolute atomic E-state index is 0.229. The van der Waals surface area contributed by atoms with Crippen LogP contribution < -0.4 is 4.90 Å². The maximum atomic E-state index is 12.3. The monoisotopic (exact) mass is 357 g/mol. The molecule has 0 N–H and O–H groups in total. The number of rotatable bonds is 4. The summed E-state index contributed by atoms with van der Waals surface area (Å²) in [5.41, 5.74) is 0. The number of amides is 1. The van der Waals surface area contributed by atoms with Gasteiger partial charge in [0.15, 0.2) is 0 Å². The average Bonchev–Trinajstić information content (AvgIpc) is 3.00. The second kappa shape index (κ2) is 7.09. The molecule has 2 aliphatic rings. The highest BCUT2D eigenvalue weighted by Crippen LogP contribution is 2.21. The van der Waals surface area contributed by atoms with E-state index in [1.54, 1.807) is 11.3 Å². The Bertz CT molecular complexity index is 720. The largest absolute Gasteiger partial charge is 0.354 e. The van der Waals surface area contributed by atoms with Crippen LogP contribution in [0.15, 0.2) is 30.6 Å². The van der Waals surface area contributed by atoms with E-state index in [1.807, 2.05) is 36.4 Å². The molecule has 0 atom stereocenters. The van der Waals surface area contributed by atoms with Gasteiger partial charge in [-0.1, -0.05) is 6.07 Å². The second-order valence-electron chi connectivity index (χ2n) is 6.69. The number of piperazine rings is 1. The van der Waals surface area contributed by atoms with Crippen LogP contribution in [-0.4, -0.2) is 71.0 Å². The molecule has 2 aliphatic heterocycles. The van der Waals surface area contributed by atoms with Gasteiger partial charge in [-0.25, -0.2) is 9.97 Å². The quantitative estimate of drug-likeness (QED) is 0.828. The van der Waals surface area contributed by atoms with Crippen LogP contribution in [0.1, 0.15) is 9.88 Å². The van der Waals surface area contributed by atoms with Crippen molar-refractivity contribution >= 4 is 23.1 Å². The van der Waals surface area contributed by atoms with E-state index in [9.17, 15) is 4.79 Å². The van der Waals surface area contributed by atoms with Crippen LogP contribution in [-0.2, 0) is 11.2 Å². The highest BCUT2D eigenvalue weighted by Gasteiger charge is 2.36. The lowest BCUT2D eigenvalue weighted by atomic mass is 10.1. The van der Waals surface area contributed by atoms with Gasteiger partial charge in [0.05, 0.1) is 11.4 Å². The number of likely N-dealkylation sites (tertiary alicyclic amines) is 1. The number of hydrogen-bond donors (Lipinski definition) is 0. The maximum absolute atomic E-state index is 12.3. The predicted molar refractivity (Wildman–Crippen MR) is 98.9 cm³/mol. The molecule has 1 amide bonds. The van der Waals surface area contributed by atoms with Crippen molar-refractivity contribution in [2.75, 3.05) is 44.2 Å². The fourth-order valence-corrected chi connectivity index (χ4v) is 4.28. The van der Waals surface area contributed by atoms with Crippen LogP contribution in [0, 0.1) is 6.92 Å². The summed E-state index contributed by atoms with van der Waals surface area (Å²) in [6, 6.07) is 6.57. The summed E-state index contributed by atoms with van der Waals surface area (Å²) >= 11 is 1.61. The summed E-state index contributed by atoms with van der Waals surface area (Å²) in [4.78, 5) is 28.9. The zero-order valence-corrected chi connectivity index (χ0v) is 15.3. The molecule has 25 heavy (non-hydrogen) atoms. The Balaban J connectivity index is 1.23. The number of aryl methyl sites for hydroxylation is 1. The van der Waals surface area contributed by atoms with E-state index in [2.05, 4.69) is 25.8 Å². The van der Waals surface area contributed by atoms with Crippen LogP contribution in [0.5, 0.6) is 0 Å². The molecule has 0 radical (unpaired) electrons. The number of anilines is 1. The number of hydrogen-bond acceptors (Lipinski definition) is 6. The smallest absolute Gasteiger partial charge is 0.227 e. The Morgan fingerprint density at radius 3 is 2.64 bits per heavy atom. The van der Waals surface area contributed by atoms with E-state index >= 15 is 0 Å². The summed E-state index contributed by atoms with van der Waals surface area (Å²) in [5, 5.41) is 1.02. The van der Waals surface area contributed by atoms with Gasteiger partial charge in [-0.3, -0.25) is 9.69 Å². The molecule has 4 heterocycles. The van der Waals surface area contributed by atoms with E-state index in [0.29, 0.717) is 12.5 Å². The second-order valence-corrected chi connectivity index (χ2v) is 8.01. The molecule has 0 unspecified atom stereocenters. The number of thiazole rings is 1. The highest BCUT2D eigenvalue weighted by molar-refractivity contribution is 7.11. The van der Waals surface area contributed by atoms with Gasteiger partial charge in [0.1, 0.15) is 5.82 Å². The summed E-state index contributed by atoms with van der Waals surface area (Å²) in [5.74, 6) is 1.29. The Morgan fingerprint density at radius 2 is 2.00 bits per heavy atom. The van der Waals surface area contributed by atoms with Crippen molar-refractivity contribution in [3.8, 4) is 0 Å². The van der Waals surface area contributed by atoms with E-state index < -0.39 is 0 Å². The topological polar surface area (TPSA) is 52.6 Å². The van der Waals surface area contributed by atoms with E-state index in [4.69, 9.17) is 0 Å². The molecule has 0 bridgehead atoms. The molecule has 0 saturated carbocycles. The first-order valence-electron chi connectivity index (χ1n) is 8.78. The third-order valence-electron chi connectivity index (χ3n) is 5.01. The Labute approximate surface area is 152 Å². The Morgan fingerprint density at radius 1 is 1.20 bits per heavy atom. The van der Waals surface area contributed by atoms with Gasteiger partial charge < -0.3 is 9.80 Å². The normalized spacial score (nSPS) is 19.1. The number of aromatic nitrogens is 2. The van der Waals surface area contributed by atoms with Crippen molar-refractivity contribution in [1.82, 2.24) is 19.8 Å². The molecule has 4 rings (SSSR count). The van der Waals surface area contributed by atoms with Crippen molar-refractivity contribution < 1.29 is 4.79 Å². The SMILES string of the molecule is Cc1ncc(CC(=O)N2CC(N3CCN(c4ccccn4)CC3)C2)s1. The molecular weight excluding hydrogens is 334 g/mol. The molecular formula is C18H23N5OS. The number of carbonyl (C=O) groups excluding carboxylic acids is 1. The van der Waals surface area contributed by atoms with Crippen LogP contribution >= 0.6 is 11.3 Å². The van der Waals surface area contributed by atoms with Gasteiger partial charge in [-0.05, 0) is 19.1 Å². The van der Waals surface area contributed by atoms with Crippen molar-refractivity contribution in [2.45, 2.75) is 19.4 Å². The molecule has 2 fully saturated rings. The molecule has 6 nitrogen and oxygen atoms in total. The highest BCUT2D eigenvalue weighted by atomic mass is 32.1. The zero-order chi connectivity index (χ0) is 17.2. The number of pyridine rings is 1. The Hall–Kier alpha value is -1.99.